The third kappa shape index (κ3) is 9.68. The first-order chi connectivity index (χ1) is 22.3. The van der Waals surface area contributed by atoms with E-state index in [2.05, 4.69) is 50.0 Å². The lowest BCUT2D eigenvalue weighted by atomic mass is 9.90. The first-order valence-electron chi connectivity index (χ1n) is 16.3. The van der Waals surface area contributed by atoms with Gasteiger partial charge in [0.1, 0.15) is 17.3 Å². The van der Waals surface area contributed by atoms with E-state index >= 15 is 0 Å². The number of aldehydes is 1. The topological polar surface area (TPSA) is 118 Å². The van der Waals surface area contributed by atoms with Gasteiger partial charge in [-0.1, -0.05) is 31.2 Å². The maximum absolute atomic E-state index is 14.0. The molecule has 2 atom stereocenters. The van der Waals surface area contributed by atoms with Gasteiger partial charge in [0.2, 0.25) is 6.41 Å². The number of rotatable bonds is 7. The number of fused-ring (bicyclic) bond motifs is 3. The predicted octanol–water partition coefficient (Wildman–Crippen LogP) is 4.36. The lowest BCUT2D eigenvalue weighted by Crippen LogP contribution is -2.40. The first-order valence-corrected chi connectivity index (χ1v) is 16.3. The average Bonchev–Trinajstić information content (AvgIpc) is 3.66. The van der Waals surface area contributed by atoms with E-state index in [1.165, 1.54) is 38.0 Å². The summed E-state index contributed by atoms with van der Waals surface area (Å²) in [5, 5.41) is 11.5. The van der Waals surface area contributed by atoms with Gasteiger partial charge in [0.15, 0.2) is 6.29 Å². The first kappa shape index (κ1) is 36.8. The van der Waals surface area contributed by atoms with E-state index in [0.29, 0.717) is 5.69 Å². The molecule has 3 aliphatic rings. The number of aromatic nitrogens is 2. The van der Waals surface area contributed by atoms with Gasteiger partial charge in [-0.3, -0.25) is 14.5 Å². The number of primary amides is 1. The summed E-state index contributed by atoms with van der Waals surface area (Å²) in [6.07, 6.45) is 5.60. The van der Waals surface area contributed by atoms with E-state index in [-0.39, 0.29) is 24.3 Å². The number of nitrogens with two attached hydrogens (primary N) is 1. The molecule has 1 amide bonds. The Hall–Kier alpha value is -3.64. The zero-order valence-electron chi connectivity index (χ0n) is 28.0. The number of hydrogen-bond donors (Lipinski definition) is 3. The minimum Gasteiger partial charge on any atom is -0.385 e. The third-order valence-electron chi connectivity index (χ3n) is 8.92. The van der Waals surface area contributed by atoms with Crippen molar-refractivity contribution in [2.75, 3.05) is 58.8 Å². The zero-order chi connectivity index (χ0) is 33.5. The van der Waals surface area contributed by atoms with Crippen molar-refractivity contribution in [3.05, 3.63) is 76.7 Å². The van der Waals surface area contributed by atoms with Gasteiger partial charge in [0.25, 0.3) is 0 Å². The van der Waals surface area contributed by atoms with Crippen LogP contribution in [0.25, 0.3) is 5.69 Å². The number of carbonyl (C=O) groups is 2. The van der Waals surface area contributed by atoms with Crippen LogP contribution in [0.2, 0.25) is 0 Å². The van der Waals surface area contributed by atoms with E-state index in [4.69, 9.17) is 4.79 Å². The number of nitrogens with one attached hydrogen (secondary N) is 2. The molecular formula is C35H52FN7O3. The summed E-state index contributed by atoms with van der Waals surface area (Å²) in [5.74, 6) is 0.638. The molecule has 1 unspecified atom stereocenters. The minimum atomic E-state index is -0.190. The van der Waals surface area contributed by atoms with Crippen molar-refractivity contribution in [3.8, 4) is 5.69 Å². The fourth-order valence-electron chi connectivity index (χ4n) is 6.27. The highest BCUT2D eigenvalue weighted by molar-refractivity contribution is 5.78. The van der Waals surface area contributed by atoms with Crippen molar-refractivity contribution in [1.82, 2.24) is 24.9 Å². The van der Waals surface area contributed by atoms with Crippen LogP contribution in [0.4, 0.5) is 10.2 Å². The molecule has 2 saturated heterocycles. The summed E-state index contributed by atoms with van der Waals surface area (Å²) in [7, 11) is 3.74. The number of hydrogen-bond acceptors (Lipinski definition) is 8. The molecule has 10 nitrogen and oxygen atoms in total. The predicted molar refractivity (Wildman–Crippen MR) is 182 cm³/mol. The molecule has 0 bridgehead atoms. The Kier molecular flexibility index (Phi) is 15.3. The molecule has 1 aromatic heterocycles. The Labute approximate surface area is 273 Å². The number of para-hydroxylation sites is 1. The zero-order valence-corrected chi connectivity index (χ0v) is 28.0. The molecule has 0 aliphatic carbocycles. The number of ether oxygens (including phenoxy) is 1. The summed E-state index contributed by atoms with van der Waals surface area (Å²) in [5.41, 5.74) is 8.63. The van der Waals surface area contributed by atoms with Crippen LogP contribution < -0.4 is 16.4 Å². The van der Waals surface area contributed by atoms with Crippen LogP contribution in [0, 0.1) is 12.7 Å². The summed E-state index contributed by atoms with van der Waals surface area (Å²) >= 11 is 0. The molecule has 2 aromatic carbocycles. The number of anilines is 1. The highest BCUT2D eigenvalue weighted by atomic mass is 19.1. The van der Waals surface area contributed by atoms with Crippen LogP contribution in [0.5, 0.6) is 0 Å². The third-order valence-corrected chi connectivity index (χ3v) is 8.92. The molecule has 6 rings (SSSR count). The Bertz CT molecular complexity index is 1330. The second kappa shape index (κ2) is 19.1. The molecule has 3 aliphatic heterocycles. The second-order valence-corrected chi connectivity index (χ2v) is 11.5. The van der Waals surface area contributed by atoms with Crippen LogP contribution >= 0.6 is 0 Å². The van der Waals surface area contributed by atoms with E-state index in [1.807, 2.05) is 50.2 Å². The number of piperidine rings is 1. The van der Waals surface area contributed by atoms with Gasteiger partial charge in [-0.25, -0.2) is 9.07 Å². The van der Waals surface area contributed by atoms with Gasteiger partial charge < -0.3 is 26.0 Å². The van der Waals surface area contributed by atoms with Crippen LogP contribution in [-0.2, 0) is 16.0 Å². The minimum absolute atomic E-state index is 0.118. The van der Waals surface area contributed by atoms with Gasteiger partial charge >= 0.3 is 0 Å². The van der Waals surface area contributed by atoms with Crippen LogP contribution in [0.15, 0.2) is 48.5 Å². The monoisotopic (exact) mass is 637 g/mol. The molecular weight excluding hydrogens is 585 g/mol. The van der Waals surface area contributed by atoms with Crippen LogP contribution in [0.3, 0.4) is 0 Å². The number of carbonyl (C=O) groups excluding carboxylic acids is 2. The number of nitrogens with zero attached hydrogens (tertiary/aromatic N) is 4. The average molecular weight is 638 g/mol. The maximum atomic E-state index is 14.0. The van der Waals surface area contributed by atoms with E-state index in [9.17, 15) is 9.18 Å². The molecule has 4 heterocycles. The summed E-state index contributed by atoms with van der Waals surface area (Å²) in [6.45, 7) is 12.7. The molecule has 252 valence electrons. The molecule has 3 aromatic rings. The highest BCUT2D eigenvalue weighted by Crippen LogP contribution is 2.40. The fourth-order valence-corrected chi connectivity index (χ4v) is 6.27. The molecule has 46 heavy (non-hydrogen) atoms. The van der Waals surface area contributed by atoms with E-state index in [1.54, 1.807) is 23.9 Å². The van der Waals surface area contributed by atoms with Crippen LogP contribution in [0.1, 0.15) is 66.3 Å². The fraction of sp³-hybridized carbons (Fsp3) is 0.514. The standard InChI is InChI=1S/C23H23FN4O.C8H18N2.C3H8O.CH3NO/c1-15-21(14-29)26-28(18-5-3-2-4-6-18)23(15)25-20-10-12-27-11-9-16-7-8-17(24)13-19(16)22(20)27;1-3-10-6-4-8(9-2)5-7-10;1-3-4-2;2-1-3/h2-8,13-14,20,22,25H,9-12H2,1H3;8-9H,3-7H2,1-2H3;3H2,1-2H3;1H,(H2,2,3)/t20?,22-;;;/m0.../s1. The van der Waals surface area contributed by atoms with Crippen molar-refractivity contribution in [2.24, 2.45) is 5.73 Å². The Morgan fingerprint density at radius 3 is 2.30 bits per heavy atom. The molecule has 0 spiro atoms. The number of benzene rings is 2. The van der Waals surface area contributed by atoms with Gasteiger partial charge in [0, 0.05) is 44.5 Å². The van der Waals surface area contributed by atoms with Gasteiger partial charge in [0.05, 0.1) is 11.7 Å². The SMILES string of the molecule is CCN1CCC(NC)CC1.CCOC.Cc1c(C=O)nn(-c2ccccc2)c1NC1CCN2CCc3ccc(F)cc3[C@@H]12.NC=O. The molecule has 11 heteroatoms. The summed E-state index contributed by atoms with van der Waals surface area (Å²) in [6, 6.07) is 16.0. The molecule has 2 fully saturated rings. The van der Waals surface area contributed by atoms with Crippen molar-refractivity contribution in [2.45, 2.75) is 64.6 Å². The Morgan fingerprint density at radius 2 is 1.72 bits per heavy atom. The number of methoxy groups -OCH3 is 1. The number of amides is 1. The van der Waals surface area contributed by atoms with Gasteiger partial charge in [-0.2, -0.15) is 5.10 Å². The Morgan fingerprint density at radius 1 is 1.04 bits per heavy atom. The lowest BCUT2D eigenvalue weighted by Gasteiger charge is -2.35. The van der Waals surface area contributed by atoms with Crippen LogP contribution in [-0.4, -0.2) is 97.8 Å². The van der Waals surface area contributed by atoms with Crippen molar-refractivity contribution >= 4 is 18.5 Å². The molecule has 4 N–H and O–H groups in total. The smallest absolute Gasteiger partial charge is 0.204 e. The van der Waals surface area contributed by atoms with E-state index in [0.717, 1.165) is 67.5 Å². The molecule has 0 saturated carbocycles. The number of likely N-dealkylation sites (tertiary alicyclic amines) is 1. The normalized spacial score (nSPS) is 19.2. The second-order valence-electron chi connectivity index (χ2n) is 11.5. The molecule has 0 radical (unpaired) electrons. The Balaban J connectivity index is 0.000000280. The largest absolute Gasteiger partial charge is 0.385 e. The highest BCUT2D eigenvalue weighted by Gasteiger charge is 2.39. The van der Waals surface area contributed by atoms with Crippen molar-refractivity contribution < 1.29 is 18.7 Å². The maximum Gasteiger partial charge on any atom is 0.204 e. The van der Waals surface area contributed by atoms with E-state index < -0.39 is 0 Å². The van der Waals surface area contributed by atoms with Gasteiger partial charge in [-0.05, 0) is 102 Å². The summed E-state index contributed by atoms with van der Waals surface area (Å²) in [4.78, 5) is 25.1. The quantitative estimate of drug-likeness (QED) is 0.327. The summed E-state index contributed by atoms with van der Waals surface area (Å²) < 4.78 is 20.4. The van der Waals surface area contributed by atoms with Crippen molar-refractivity contribution in [3.63, 3.8) is 0 Å². The number of halogens is 1. The lowest BCUT2D eigenvalue weighted by molar-refractivity contribution is -0.106. The van der Waals surface area contributed by atoms with Crippen molar-refractivity contribution in [1.29, 1.82) is 0 Å². The van der Waals surface area contributed by atoms with Gasteiger partial charge in [-0.15, -0.1) is 0 Å².